The molecule has 0 bridgehead atoms. The number of carbonyl (C=O) groups excluding carboxylic acids is 1. The van der Waals surface area contributed by atoms with E-state index in [0.29, 0.717) is 5.71 Å². The minimum atomic E-state index is -0.640. The van der Waals surface area contributed by atoms with Crippen molar-refractivity contribution in [2.45, 2.75) is 0 Å². The third kappa shape index (κ3) is 1.77. The summed E-state index contributed by atoms with van der Waals surface area (Å²) in [6.07, 6.45) is 0. The van der Waals surface area contributed by atoms with E-state index in [1.54, 1.807) is 0 Å². The van der Waals surface area contributed by atoms with Crippen molar-refractivity contribution in [1.29, 1.82) is 0 Å². The molecule has 0 atom stereocenters. The number of nitro groups is 1. The van der Waals surface area contributed by atoms with Gasteiger partial charge in [-0.15, -0.1) is 0 Å². The summed E-state index contributed by atoms with van der Waals surface area (Å²) >= 11 is 0. The van der Waals surface area contributed by atoms with Gasteiger partial charge in [-0.3, -0.25) is 10.1 Å². The number of rotatable bonds is 2. The molecule has 0 unspecified atom stereocenters. The quantitative estimate of drug-likeness (QED) is 0.536. The molecule has 0 radical (unpaired) electrons. The maximum absolute atomic E-state index is 10.7. The normalized spacial score (nSPS) is 15.2. The number of carbonyl (C=O) groups is 1. The van der Waals surface area contributed by atoms with Gasteiger partial charge in [0.1, 0.15) is 10.6 Å². The van der Waals surface area contributed by atoms with E-state index in [1.165, 1.54) is 12.1 Å². The van der Waals surface area contributed by atoms with Gasteiger partial charge in [0.15, 0.2) is 5.76 Å². The molecular formula is C7H6N4O4. The second-order valence-corrected chi connectivity index (χ2v) is 2.75. The van der Waals surface area contributed by atoms with Crippen LogP contribution in [0.5, 0.6) is 0 Å². The Labute approximate surface area is 83.1 Å². The molecule has 2 heterocycles. The monoisotopic (exact) mass is 210 g/mol. The van der Waals surface area contributed by atoms with Gasteiger partial charge >= 0.3 is 11.9 Å². The first-order valence-corrected chi connectivity index (χ1v) is 4.02. The van der Waals surface area contributed by atoms with Crippen LogP contribution in [0.3, 0.4) is 0 Å². The lowest BCUT2D eigenvalue weighted by molar-refractivity contribution is -0.402. The molecule has 2 N–H and O–H groups in total. The van der Waals surface area contributed by atoms with Crippen LogP contribution in [-0.4, -0.2) is 23.2 Å². The number of hydrogen-bond acceptors (Lipinski definition) is 5. The number of hydrogen-bond donors (Lipinski definition) is 2. The first kappa shape index (κ1) is 9.19. The zero-order valence-corrected chi connectivity index (χ0v) is 7.39. The van der Waals surface area contributed by atoms with Crippen LogP contribution in [0.1, 0.15) is 5.76 Å². The SMILES string of the molecule is O=C1NCC(c2ccc([N+](=O)[O-])o2)=NN1. The van der Waals surface area contributed by atoms with Crippen molar-refractivity contribution >= 4 is 17.6 Å². The summed E-state index contributed by atoms with van der Waals surface area (Å²) in [5, 5.41) is 16.5. The van der Waals surface area contributed by atoms with Crippen molar-refractivity contribution in [1.82, 2.24) is 10.7 Å². The Morgan fingerprint density at radius 2 is 2.33 bits per heavy atom. The van der Waals surface area contributed by atoms with E-state index in [4.69, 9.17) is 4.42 Å². The molecule has 8 heteroatoms. The summed E-state index contributed by atoms with van der Waals surface area (Å²) in [5.41, 5.74) is 2.58. The predicted octanol–water partition coefficient (Wildman–Crippen LogP) is 0.205. The van der Waals surface area contributed by atoms with Crippen LogP contribution in [-0.2, 0) is 0 Å². The first-order chi connectivity index (χ1) is 7.16. The maximum atomic E-state index is 10.7. The van der Waals surface area contributed by atoms with Crippen molar-refractivity contribution < 1.29 is 14.1 Å². The molecule has 0 aromatic carbocycles. The summed E-state index contributed by atoms with van der Waals surface area (Å²) < 4.78 is 4.90. The first-order valence-electron chi connectivity index (χ1n) is 4.02. The van der Waals surface area contributed by atoms with Crippen LogP contribution < -0.4 is 10.7 Å². The summed E-state index contributed by atoms with van der Waals surface area (Å²) in [5.74, 6) is -0.0983. The van der Waals surface area contributed by atoms with Gasteiger partial charge in [-0.2, -0.15) is 5.10 Å². The van der Waals surface area contributed by atoms with E-state index in [2.05, 4.69) is 15.8 Å². The van der Waals surface area contributed by atoms with Gasteiger partial charge in [0.05, 0.1) is 12.6 Å². The largest absolute Gasteiger partial charge is 0.433 e. The van der Waals surface area contributed by atoms with Crippen LogP contribution in [0.15, 0.2) is 21.7 Å². The molecule has 78 valence electrons. The van der Waals surface area contributed by atoms with E-state index < -0.39 is 11.0 Å². The van der Waals surface area contributed by atoms with Gasteiger partial charge in [-0.1, -0.05) is 0 Å². The molecule has 2 amide bonds. The second kappa shape index (κ2) is 3.40. The zero-order valence-electron chi connectivity index (χ0n) is 7.39. The average Bonchev–Trinajstić information content (AvgIpc) is 2.68. The molecule has 1 aromatic rings. The Bertz CT molecular complexity index is 450. The lowest BCUT2D eigenvalue weighted by Gasteiger charge is -2.11. The highest BCUT2D eigenvalue weighted by atomic mass is 16.6. The topological polar surface area (TPSA) is 110 Å². The number of urea groups is 1. The maximum Gasteiger partial charge on any atom is 0.433 e. The summed E-state index contributed by atoms with van der Waals surface area (Å²) in [7, 11) is 0. The highest BCUT2D eigenvalue weighted by molar-refractivity contribution is 6.03. The lowest BCUT2D eigenvalue weighted by atomic mass is 10.3. The van der Waals surface area contributed by atoms with E-state index in [9.17, 15) is 14.9 Å². The Morgan fingerprint density at radius 1 is 1.53 bits per heavy atom. The van der Waals surface area contributed by atoms with Crippen molar-refractivity contribution in [3.63, 3.8) is 0 Å². The number of furan rings is 1. The van der Waals surface area contributed by atoms with Gasteiger partial charge in [0.2, 0.25) is 0 Å². The average molecular weight is 210 g/mol. The van der Waals surface area contributed by atoms with Gasteiger partial charge in [0, 0.05) is 0 Å². The molecular weight excluding hydrogens is 204 g/mol. The van der Waals surface area contributed by atoms with Crippen LogP contribution in [0.2, 0.25) is 0 Å². The Morgan fingerprint density at radius 3 is 2.87 bits per heavy atom. The van der Waals surface area contributed by atoms with E-state index in [-0.39, 0.29) is 18.2 Å². The lowest BCUT2D eigenvalue weighted by Crippen LogP contribution is -2.42. The molecule has 0 saturated heterocycles. The molecule has 2 rings (SSSR count). The number of hydrazone groups is 1. The number of amides is 2. The van der Waals surface area contributed by atoms with E-state index in [0.717, 1.165) is 0 Å². The highest BCUT2D eigenvalue weighted by Crippen LogP contribution is 2.16. The fraction of sp³-hybridized carbons (Fsp3) is 0.143. The minimum absolute atomic E-state index is 0.177. The van der Waals surface area contributed by atoms with Crippen molar-refractivity contribution in [2.75, 3.05) is 6.54 Å². The molecule has 1 aliphatic heterocycles. The molecule has 1 aromatic heterocycles. The van der Waals surface area contributed by atoms with Crippen LogP contribution in [0.25, 0.3) is 0 Å². The zero-order chi connectivity index (χ0) is 10.8. The molecule has 0 saturated carbocycles. The predicted molar refractivity (Wildman–Crippen MR) is 48.4 cm³/mol. The standard InChI is InChI=1S/C7H6N4O4/c12-7-8-3-4(9-10-7)5-1-2-6(15-5)11(13)14/h1-2H,3H2,(H2,8,10,12). The third-order valence-electron chi connectivity index (χ3n) is 1.76. The summed E-state index contributed by atoms with van der Waals surface area (Å²) in [6, 6.07) is 2.24. The smallest absolute Gasteiger partial charge is 0.399 e. The highest BCUT2D eigenvalue weighted by Gasteiger charge is 2.18. The van der Waals surface area contributed by atoms with Crippen LogP contribution in [0, 0.1) is 10.1 Å². The van der Waals surface area contributed by atoms with Crippen molar-refractivity contribution in [2.24, 2.45) is 5.10 Å². The van der Waals surface area contributed by atoms with E-state index in [1.807, 2.05) is 0 Å². The summed E-state index contributed by atoms with van der Waals surface area (Å²) in [6.45, 7) is 0.177. The van der Waals surface area contributed by atoms with Crippen LogP contribution >= 0.6 is 0 Å². The molecule has 0 aliphatic carbocycles. The molecule has 8 nitrogen and oxygen atoms in total. The molecule has 15 heavy (non-hydrogen) atoms. The molecule has 0 fully saturated rings. The minimum Gasteiger partial charge on any atom is -0.399 e. The van der Waals surface area contributed by atoms with Gasteiger partial charge in [-0.25, -0.2) is 10.2 Å². The van der Waals surface area contributed by atoms with Gasteiger partial charge in [-0.05, 0) is 6.07 Å². The third-order valence-corrected chi connectivity index (χ3v) is 1.76. The van der Waals surface area contributed by atoms with E-state index >= 15 is 0 Å². The fourth-order valence-corrected chi connectivity index (χ4v) is 1.08. The Hall–Kier alpha value is -2.38. The summed E-state index contributed by atoms with van der Waals surface area (Å²) in [4.78, 5) is 20.4. The van der Waals surface area contributed by atoms with Crippen LogP contribution in [0.4, 0.5) is 10.7 Å². The van der Waals surface area contributed by atoms with Gasteiger partial charge in [0.25, 0.3) is 0 Å². The number of nitrogens with one attached hydrogen (secondary N) is 2. The Balaban J connectivity index is 2.23. The van der Waals surface area contributed by atoms with Crippen molar-refractivity contribution in [3.05, 3.63) is 28.0 Å². The number of nitrogens with zero attached hydrogens (tertiary/aromatic N) is 2. The van der Waals surface area contributed by atoms with Gasteiger partial charge < -0.3 is 9.73 Å². The Kier molecular flexibility index (Phi) is 2.08. The van der Waals surface area contributed by atoms with Crippen molar-refractivity contribution in [3.8, 4) is 0 Å². The fourth-order valence-electron chi connectivity index (χ4n) is 1.08. The molecule has 1 aliphatic rings. The second-order valence-electron chi connectivity index (χ2n) is 2.75. The molecule has 0 spiro atoms.